The van der Waals surface area contributed by atoms with E-state index in [1.807, 2.05) is 18.2 Å². The van der Waals surface area contributed by atoms with E-state index in [0.29, 0.717) is 6.04 Å². The molecule has 1 aliphatic rings. The summed E-state index contributed by atoms with van der Waals surface area (Å²) >= 11 is 0. The summed E-state index contributed by atoms with van der Waals surface area (Å²) in [5.41, 5.74) is 1.17. The van der Waals surface area contributed by atoms with Gasteiger partial charge in [0, 0.05) is 38.8 Å². The molecule has 25 heavy (non-hydrogen) atoms. The van der Waals surface area contributed by atoms with Gasteiger partial charge in [-0.15, -0.1) is 0 Å². The third-order valence-electron chi connectivity index (χ3n) is 4.74. The third-order valence-corrected chi connectivity index (χ3v) is 4.74. The van der Waals surface area contributed by atoms with Gasteiger partial charge in [-0.25, -0.2) is 4.68 Å². The van der Waals surface area contributed by atoms with Crippen molar-refractivity contribution in [1.82, 2.24) is 15.1 Å². The molecule has 1 aromatic carbocycles. The van der Waals surface area contributed by atoms with Crippen LogP contribution >= 0.6 is 0 Å². The Kier molecular flexibility index (Phi) is 5.71. The summed E-state index contributed by atoms with van der Waals surface area (Å²) in [6.45, 7) is 2.71. The topological polar surface area (TPSA) is 59.4 Å². The fourth-order valence-electron chi connectivity index (χ4n) is 3.28. The zero-order chi connectivity index (χ0) is 17.6. The summed E-state index contributed by atoms with van der Waals surface area (Å²) in [5.74, 6) is 1.76. The number of piperidine rings is 1. The van der Waals surface area contributed by atoms with Crippen molar-refractivity contribution in [3.05, 3.63) is 52.3 Å². The standard InChI is InChI=1S/C19H26N4O2/c1-22-19(24)11-10-18(21-22)23-12-4-3-5-16(23)14-20-13-15-6-8-17(25-2)9-7-15/h6-11,16,20H,3-5,12-14H2,1-2H3. The van der Waals surface area contributed by atoms with Crippen LogP contribution < -0.4 is 20.5 Å². The molecule has 0 radical (unpaired) electrons. The molecule has 1 aliphatic heterocycles. The lowest BCUT2D eigenvalue weighted by atomic mass is 10.0. The minimum Gasteiger partial charge on any atom is -0.497 e. The Hall–Kier alpha value is -2.34. The maximum absolute atomic E-state index is 11.6. The minimum atomic E-state index is -0.0741. The van der Waals surface area contributed by atoms with Gasteiger partial charge in [0.1, 0.15) is 11.6 Å². The van der Waals surface area contributed by atoms with E-state index in [2.05, 4.69) is 27.4 Å². The number of hydrogen-bond donors (Lipinski definition) is 1. The minimum absolute atomic E-state index is 0.0741. The van der Waals surface area contributed by atoms with Crippen molar-refractivity contribution in [3.8, 4) is 5.75 Å². The molecule has 6 heteroatoms. The molecule has 2 aromatic rings. The van der Waals surface area contributed by atoms with Crippen LogP contribution in [0.4, 0.5) is 5.82 Å². The SMILES string of the molecule is COc1ccc(CNCC2CCCCN2c2ccc(=O)n(C)n2)cc1. The van der Waals surface area contributed by atoms with Gasteiger partial charge in [0.05, 0.1) is 7.11 Å². The molecular formula is C19H26N4O2. The van der Waals surface area contributed by atoms with Gasteiger partial charge in [-0.2, -0.15) is 5.10 Å². The lowest BCUT2D eigenvalue weighted by Crippen LogP contribution is -2.46. The number of anilines is 1. The van der Waals surface area contributed by atoms with Gasteiger partial charge >= 0.3 is 0 Å². The first-order chi connectivity index (χ1) is 12.2. The largest absolute Gasteiger partial charge is 0.497 e. The van der Waals surface area contributed by atoms with Crippen molar-refractivity contribution in [2.24, 2.45) is 7.05 Å². The fourth-order valence-corrected chi connectivity index (χ4v) is 3.28. The number of hydrogen-bond acceptors (Lipinski definition) is 5. The van der Waals surface area contributed by atoms with E-state index in [1.54, 1.807) is 20.2 Å². The molecule has 0 spiro atoms. The summed E-state index contributed by atoms with van der Waals surface area (Å²) in [6.07, 6.45) is 3.54. The molecule has 1 N–H and O–H groups in total. The summed E-state index contributed by atoms with van der Waals surface area (Å²) < 4.78 is 6.60. The van der Waals surface area contributed by atoms with E-state index in [4.69, 9.17) is 4.74 Å². The average Bonchev–Trinajstić information content (AvgIpc) is 2.65. The van der Waals surface area contributed by atoms with Crippen molar-refractivity contribution in [3.63, 3.8) is 0 Å². The van der Waals surface area contributed by atoms with E-state index in [-0.39, 0.29) is 5.56 Å². The number of benzene rings is 1. The second-order valence-electron chi connectivity index (χ2n) is 6.48. The molecule has 1 fully saturated rings. The zero-order valence-electron chi connectivity index (χ0n) is 14.9. The van der Waals surface area contributed by atoms with Gasteiger partial charge in [0.2, 0.25) is 0 Å². The number of ether oxygens (including phenoxy) is 1. The van der Waals surface area contributed by atoms with Crippen molar-refractivity contribution in [2.75, 3.05) is 25.1 Å². The summed E-state index contributed by atoms with van der Waals surface area (Å²) in [5, 5.41) is 7.98. The highest BCUT2D eigenvalue weighted by Crippen LogP contribution is 2.22. The van der Waals surface area contributed by atoms with Gasteiger partial charge in [-0.05, 0) is 43.0 Å². The highest BCUT2D eigenvalue weighted by atomic mass is 16.5. The molecule has 2 heterocycles. The Labute approximate surface area is 148 Å². The van der Waals surface area contributed by atoms with E-state index < -0.39 is 0 Å². The van der Waals surface area contributed by atoms with Gasteiger partial charge in [0.15, 0.2) is 0 Å². The van der Waals surface area contributed by atoms with Crippen molar-refractivity contribution in [2.45, 2.75) is 31.8 Å². The van der Waals surface area contributed by atoms with Crippen LogP contribution in [0.25, 0.3) is 0 Å². The molecule has 0 saturated carbocycles. The molecule has 1 atom stereocenters. The van der Waals surface area contributed by atoms with Gasteiger partial charge in [-0.1, -0.05) is 12.1 Å². The normalized spacial score (nSPS) is 17.5. The Bertz CT molecular complexity index is 742. The van der Waals surface area contributed by atoms with E-state index in [9.17, 15) is 4.79 Å². The maximum Gasteiger partial charge on any atom is 0.266 e. The second-order valence-corrected chi connectivity index (χ2v) is 6.48. The first kappa shape index (κ1) is 17.5. The molecule has 0 bridgehead atoms. The summed E-state index contributed by atoms with van der Waals surface area (Å²) in [4.78, 5) is 13.9. The van der Waals surface area contributed by atoms with Crippen LogP contribution in [-0.4, -0.2) is 36.0 Å². The van der Waals surface area contributed by atoms with Crippen LogP contribution in [0.3, 0.4) is 0 Å². The van der Waals surface area contributed by atoms with Crippen LogP contribution in [0, 0.1) is 0 Å². The molecule has 0 amide bonds. The number of aromatic nitrogens is 2. The van der Waals surface area contributed by atoms with E-state index in [1.165, 1.54) is 23.1 Å². The highest BCUT2D eigenvalue weighted by Gasteiger charge is 2.23. The molecule has 3 rings (SSSR count). The molecule has 0 aliphatic carbocycles. The zero-order valence-corrected chi connectivity index (χ0v) is 14.9. The van der Waals surface area contributed by atoms with Gasteiger partial charge in [-0.3, -0.25) is 4.79 Å². The van der Waals surface area contributed by atoms with Crippen molar-refractivity contribution < 1.29 is 4.74 Å². The quantitative estimate of drug-likeness (QED) is 0.869. The Balaban J connectivity index is 1.60. The number of aryl methyl sites for hydroxylation is 1. The Morgan fingerprint density at radius 1 is 1.20 bits per heavy atom. The Morgan fingerprint density at radius 3 is 2.72 bits per heavy atom. The highest BCUT2D eigenvalue weighted by molar-refractivity contribution is 5.39. The number of methoxy groups -OCH3 is 1. The molecule has 134 valence electrons. The second kappa shape index (κ2) is 8.16. The lowest BCUT2D eigenvalue weighted by molar-refractivity contribution is 0.414. The predicted molar refractivity (Wildman–Crippen MR) is 99.2 cm³/mol. The average molecular weight is 342 g/mol. The molecule has 1 saturated heterocycles. The Morgan fingerprint density at radius 2 is 2.00 bits per heavy atom. The predicted octanol–water partition coefficient (Wildman–Crippen LogP) is 1.94. The van der Waals surface area contributed by atoms with Crippen LogP contribution in [0.5, 0.6) is 5.75 Å². The number of rotatable bonds is 6. The number of nitrogens with one attached hydrogen (secondary N) is 1. The van der Waals surface area contributed by atoms with E-state index in [0.717, 1.165) is 37.6 Å². The molecule has 1 unspecified atom stereocenters. The van der Waals surface area contributed by atoms with Gasteiger partial charge < -0.3 is 15.0 Å². The smallest absolute Gasteiger partial charge is 0.266 e. The lowest BCUT2D eigenvalue weighted by Gasteiger charge is -2.36. The van der Waals surface area contributed by atoms with Gasteiger partial charge in [0.25, 0.3) is 5.56 Å². The number of nitrogens with zero attached hydrogens (tertiary/aromatic N) is 3. The molecular weight excluding hydrogens is 316 g/mol. The molecule has 1 aromatic heterocycles. The summed E-state index contributed by atoms with van der Waals surface area (Å²) in [6, 6.07) is 12.0. The summed E-state index contributed by atoms with van der Waals surface area (Å²) in [7, 11) is 3.38. The fraction of sp³-hybridized carbons (Fsp3) is 0.474. The molecule has 6 nitrogen and oxygen atoms in total. The van der Waals surface area contributed by atoms with E-state index >= 15 is 0 Å². The van der Waals surface area contributed by atoms with Crippen LogP contribution in [0.15, 0.2) is 41.2 Å². The monoisotopic (exact) mass is 342 g/mol. The van der Waals surface area contributed by atoms with Crippen molar-refractivity contribution >= 4 is 5.82 Å². The first-order valence-corrected chi connectivity index (χ1v) is 8.82. The maximum atomic E-state index is 11.6. The van der Waals surface area contributed by atoms with Crippen molar-refractivity contribution in [1.29, 1.82) is 0 Å². The van der Waals surface area contributed by atoms with Crippen LogP contribution in [-0.2, 0) is 13.6 Å². The third kappa shape index (κ3) is 4.39. The van der Waals surface area contributed by atoms with Crippen LogP contribution in [0.2, 0.25) is 0 Å². The van der Waals surface area contributed by atoms with Crippen LogP contribution in [0.1, 0.15) is 24.8 Å². The first-order valence-electron chi connectivity index (χ1n) is 8.82.